The van der Waals surface area contributed by atoms with E-state index in [2.05, 4.69) is 5.32 Å². The van der Waals surface area contributed by atoms with E-state index in [0.717, 1.165) is 33.6 Å². The molecule has 3 aromatic carbocycles. The zero-order chi connectivity index (χ0) is 19.3. The molecule has 0 spiro atoms. The fourth-order valence-electron chi connectivity index (χ4n) is 3.10. The monoisotopic (exact) mass is 368 g/mol. The van der Waals surface area contributed by atoms with Crippen molar-refractivity contribution in [3.05, 3.63) is 90.5 Å². The summed E-state index contributed by atoms with van der Waals surface area (Å²) in [6.07, 6.45) is 0. The SMILES string of the molecule is CCOc1ccc(C(=O)Nc2ccccc2-c2ccc3ccccc3n2)cc1. The van der Waals surface area contributed by atoms with Crippen LogP contribution in [0.1, 0.15) is 17.3 Å². The summed E-state index contributed by atoms with van der Waals surface area (Å²) < 4.78 is 5.43. The highest BCUT2D eigenvalue weighted by atomic mass is 16.5. The fourth-order valence-corrected chi connectivity index (χ4v) is 3.10. The quantitative estimate of drug-likeness (QED) is 0.502. The third-order valence-corrected chi connectivity index (χ3v) is 4.48. The number of ether oxygens (including phenoxy) is 1. The second-order valence-corrected chi connectivity index (χ2v) is 6.35. The molecule has 138 valence electrons. The topological polar surface area (TPSA) is 51.2 Å². The van der Waals surface area contributed by atoms with Crippen LogP contribution in [0, 0.1) is 0 Å². The number of amides is 1. The second kappa shape index (κ2) is 7.92. The number of hydrogen-bond acceptors (Lipinski definition) is 3. The number of benzene rings is 3. The lowest BCUT2D eigenvalue weighted by atomic mass is 10.1. The molecule has 0 bridgehead atoms. The highest BCUT2D eigenvalue weighted by molar-refractivity contribution is 6.06. The number of nitrogens with one attached hydrogen (secondary N) is 1. The summed E-state index contributed by atoms with van der Waals surface area (Å²) in [5, 5.41) is 4.09. The molecule has 0 aliphatic heterocycles. The average molecular weight is 368 g/mol. The number of nitrogens with zero attached hydrogens (tertiary/aromatic N) is 1. The molecule has 0 aliphatic rings. The lowest BCUT2D eigenvalue weighted by Crippen LogP contribution is -2.12. The summed E-state index contributed by atoms with van der Waals surface area (Å²) in [5.74, 6) is 0.580. The maximum absolute atomic E-state index is 12.7. The van der Waals surface area contributed by atoms with Crippen molar-refractivity contribution in [2.24, 2.45) is 0 Å². The molecule has 1 N–H and O–H groups in total. The van der Waals surface area contributed by atoms with Gasteiger partial charge in [0, 0.05) is 16.5 Å². The van der Waals surface area contributed by atoms with Crippen molar-refractivity contribution < 1.29 is 9.53 Å². The zero-order valence-electron chi connectivity index (χ0n) is 15.6. The van der Waals surface area contributed by atoms with Crippen LogP contribution in [-0.4, -0.2) is 17.5 Å². The largest absolute Gasteiger partial charge is 0.494 e. The highest BCUT2D eigenvalue weighted by Gasteiger charge is 2.11. The smallest absolute Gasteiger partial charge is 0.255 e. The van der Waals surface area contributed by atoms with Gasteiger partial charge in [-0.1, -0.05) is 42.5 Å². The molecule has 4 heteroatoms. The Morgan fingerprint density at radius 1 is 0.893 bits per heavy atom. The van der Waals surface area contributed by atoms with Crippen molar-refractivity contribution in [3.63, 3.8) is 0 Å². The van der Waals surface area contributed by atoms with Gasteiger partial charge in [0.25, 0.3) is 5.91 Å². The molecule has 4 rings (SSSR count). The maximum atomic E-state index is 12.7. The predicted octanol–water partition coefficient (Wildman–Crippen LogP) is 5.55. The Hall–Kier alpha value is -3.66. The molecular weight excluding hydrogens is 348 g/mol. The standard InChI is InChI=1S/C24H20N2O2/c1-2-28-19-14-11-18(12-15-19)24(27)26-22-10-6-4-8-20(22)23-16-13-17-7-3-5-9-21(17)25-23/h3-16H,2H2,1H3,(H,26,27). The van der Waals surface area contributed by atoms with Gasteiger partial charge in [0.1, 0.15) is 5.75 Å². The number of pyridine rings is 1. The normalized spacial score (nSPS) is 10.6. The van der Waals surface area contributed by atoms with Crippen molar-refractivity contribution in [1.82, 2.24) is 4.98 Å². The predicted molar refractivity (Wildman–Crippen MR) is 113 cm³/mol. The second-order valence-electron chi connectivity index (χ2n) is 6.35. The van der Waals surface area contributed by atoms with Crippen molar-refractivity contribution >= 4 is 22.5 Å². The molecule has 1 amide bonds. The minimum absolute atomic E-state index is 0.170. The van der Waals surface area contributed by atoms with Crippen LogP contribution in [0.3, 0.4) is 0 Å². The molecule has 1 heterocycles. The van der Waals surface area contributed by atoms with Gasteiger partial charge in [0.05, 0.1) is 23.5 Å². The van der Waals surface area contributed by atoms with Gasteiger partial charge in [-0.25, -0.2) is 4.98 Å². The van der Waals surface area contributed by atoms with Crippen LogP contribution in [0.4, 0.5) is 5.69 Å². The van der Waals surface area contributed by atoms with Crippen molar-refractivity contribution in [1.29, 1.82) is 0 Å². The van der Waals surface area contributed by atoms with E-state index in [1.165, 1.54) is 0 Å². The first-order valence-corrected chi connectivity index (χ1v) is 9.24. The Morgan fingerprint density at radius 3 is 2.46 bits per heavy atom. The number of carbonyl (C=O) groups is 1. The lowest BCUT2D eigenvalue weighted by molar-refractivity contribution is 0.102. The van der Waals surface area contributed by atoms with E-state index in [1.807, 2.05) is 67.6 Å². The maximum Gasteiger partial charge on any atom is 0.255 e. The van der Waals surface area contributed by atoms with E-state index >= 15 is 0 Å². The number of carbonyl (C=O) groups excluding carboxylic acids is 1. The zero-order valence-corrected chi connectivity index (χ0v) is 15.6. The lowest BCUT2D eigenvalue weighted by Gasteiger charge is -2.12. The molecule has 0 aliphatic carbocycles. The van der Waals surface area contributed by atoms with Crippen LogP contribution in [0.25, 0.3) is 22.2 Å². The summed E-state index contributed by atoms with van der Waals surface area (Å²) in [4.78, 5) is 17.5. The van der Waals surface area contributed by atoms with Gasteiger partial charge in [-0.3, -0.25) is 4.79 Å². The van der Waals surface area contributed by atoms with Crippen LogP contribution in [0.2, 0.25) is 0 Å². The van der Waals surface area contributed by atoms with Gasteiger partial charge in [-0.2, -0.15) is 0 Å². The number of fused-ring (bicyclic) bond motifs is 1. The van der Waals surface area contributed by atoms with E-state index < -0.39 is 0 Å². The Balaban J connectivity index is 1.62. The molecular formula is C24H20N2O2. The Morgan fingerprint density at radius 2 is 1.64 bits per heavy atom. The van der Waals surface area contributed by atoms with Crippen LogP contribution in [0.5, 0.6) is 5.75 Å². The number of para-hydroxylation sites is 2. The third-order valence-electron chi connectivity index (χ3n) is 4.48. The van der Waals surface area contributed by atoms with Crippen molar-refractivity contribution in [3.8, 4) is 17.0 Å². The minimum Gasteiger partial charge on any atom is -0.494 e. The number of hydrogen-bond donors (Lipinski definition) is 1. The Kier molecular flexibility index (Phi) is 5.02. The highest BCUT2D eigenvalue weighted by Crippen LogP contribution is 2.28. The van der Waals surface area contributed by atoms with Gasteiger partial charge < -0.3 is 10.1 Å². The summed E-state index contributed by atoms with van der Waals surface area (Å²) in [7, 11) is 0. The summed E-state index contributed by atoms with van der Waals surface area (Å²) >= 11 is 0. The molecule has 4 nitrogen and oxygen atoms in total. The first-order valence-electron chi connectivity index (χ1n) is 9.24. The molecule has 0 saturated carbocycles. The summed E-state index contributed by atoms with van der Waals surface area (Å²) in [6, 6.07) is 26.8. The van der Waals surface area contributed by atoms with Gasteiger partial charge in [0.2, 0.25) is 0 Å². The van der Waals surface area contributed by atoms with Crippen LogP contribution in [-0.2, 0) is 0 Å². The Bertz CT molecular complexity index is 1120. The third kappa shape index (κ3) is 3.71. The number of rotatable bonds is 5. The molecule has 4 aromatic rings. The van der Waals surface area contributed by atoms with Crippen molar-refractivity contribution in [2.45, 2.75) is 6.92 Å². The van der Waals surface area contributed by atoms with E-state index in [1.54, 1.807) is 24.3 Å². The Labute approximate surface area is 163 Å². The van der Waals surface area contributed by atoms with E-state index in [4.69, 9.17) is 9.72 Å². The molecule has 28 heavy (non-hydrogen) atoms. The molecule has 0 radical (unpaired) electrons. The molecule has 1 aromatic heterocycles. The fraction of sp³-hybridized carbons (Fsp3) is 0.0833. The first-order chi connectivity index (χ1) is 13.7. The summed E-state index contributed by atoms with van der Waals surface area (Å²) in [6.45, 7) is 2.52. The van der Waals surface area contributed by atoms with Crippen molar-refractivity contribution in [2.75, 3.05) is 11.9 Å². The van der Waals surface area contributed by atoms with Crippen LogP contribution >= 0.6 is 0 Å². The van der Waals surface area contributed by atoms with Gasteiger partial charge in [0.15, 0.2) is 0 Å². The summed E-state index contributed by atoms with van der Waals surface area (Å²) in [5.41, 5.74) is 3.93. The van der Waals surface area contributed by atoms with Gasteiger partial charge >= 0.3 is 0 Å². The van der Waals surface area contributed by atoms with Gasteiger partial charge in [-0.05, 0) is 49.4 Å². The number of anilines is 1. The van der Waals surface area contributed by atoms with Crippen LogP contribution < -0.4 is 10.1 Å². The van der Waals surface area contributed by atoms with E-state index in [9.17, 15) is 4.79 Å². The molecule has 0 fully saturated rings. The van der Waals surface area contributed by atoms with E-state index in [-0.39, 0.29) is 5.91 Å². The van der Waals surface area contributed by atoms with Crippen LogP contribution in [0.15, 0.2) is 84.9 Å². The first kappa shape index (κ1) is 17.7. The van der Waals surface area contributed by atoms with E-state index in [0.29, 0.717) is 12.2 Å². The number of aromatic nitrogens is 1. The molecule has 0 unspecified atom stereocenters. The minimum atomic E-state index is -0.170. The molecule has 0 atom stereocenters. The molecule has 0 saturated heterocycles. The van der Waals surface area contributed by atoms with Gasteiger partial charge in [-0.15, -0.1) is 0 Å². The average Bonchev–Trinajstić information content (AvgIpc) is 2.74.